The van der Waals surface area contributed by atoms with Gasteiger partial charge in [0, 0.05) is 132 Å². The van der Waals surface area contributed by atoms with Crippen LogP contribution in [0.3, 0.4) is 0 Å². The van der Waals surface area contributed by atoms with Crippen molar-refractivity contribution >= 4 is 129 Å². The summed E-state index contributed by atoms with van der Waals surface area (Å²) in [6, 6.07) is 0. The zero-order valence-electron chi connectivity index (χ0n) is 89.2. The van der Waals surface area contributed by atoms with E-state index < -0.39 is 0 Å². The van der Waals surface area contributed by atoms with E-state index in [1.165, 1.54) is 203 Å². The van der Waals surface area contributed by atoms with E-state index in [4.69, 9.17) is 54.8 Å². The smallest absolute Gasteiger partial charge is 0.172 e. The summed E-state index contributed by atoms with van der Waals surface area (Å²) in [4.78, 5) is 101. The molecule has 20 aliphatic carbocycles. The monoisotopic (exact) mass is 2060 g/mol. The van der Waals surface area contributed by atoms with Gasteiger partial charge in [0.2, 0.25) is 0 Å². The van der Waals surface area contributed by atoms with Crippen LogP contribution in [0.25, 0.3) is 0 Å². The predicted octanol–water partition coefficient (Wildman–Crippen LogP) is 27.3. The van der Waals surface area contributed by atoms with Gasteiger partial charge in [-0.2, -0.15) is 59.7 Å². The van der Waals surface area contributed by atoms with Crippen molar-refractivity contribution < 1.29 is 57.3 Å². The van der Waals surface area contributed by atoms with Gasteiger partial charge in [-0.3, -0.25) is 38.4 Å². The number of carbonyl (C=O) groups is 8. The zero-order chi connectivity index (χ0) is 99.0. The first kappa shape index (κ1) is 106. The molecule has 0 amide bonds. The van der Waals surface area contributed by atoms with Gasteiger partial charge in [-0.25, -0.2) is 0 Å². The molecule has 19 saturated carbocycles. The van der Waals surface area contributed by atoms with Crippen molar-refractivity contribution in [3.8, 4) is 0 Å². The highest BCUT2D eigenvalue weighted by atomic mass is 35.5. The second-order valence-electron chi connectivity index (χ2n) is 53.8. The van der Waals surface area contributed by atoms with Crippen LogP contribution >= 0.6 is 82.9 Å². The van der Waals surface area contributed by atoms with E-state index >= 15 is 0 Å². The highest BCUT2D eigenvalue weighted by Gasteiger charge is 2.77. The standard InChI is InChI=1S/C25H38O3S.C23H34O3S.C23H34O2S.2C21H30O2S.C6H15N.CH2Cl2/c1-4-23-14-25(27-11-12-28-25)10-9-24(23)15-29-21(23)13-17-19-6-5-18(16(2)26)22(19,3)8-7-20(17)24;1-15(24)18-5-6-19-17-4-3-16-13-23(25-11-12-26-23)10-9-22(16,14-27)20(17)7-8-21(18,19)2;1-4-22-12-15(25)7-10-23(22)13-26-20(22)11-16-18-6-5-17(14(2)24)21(18,3)9-8-19(16)23;2*1-12(22)15-3-4-16-14-10-19-18-9-13(23)5-8-21(18,11-24-19)17(14)6-7-20(15,16)2;1-4-7(5-2)6-3;2-1-3/h17-21H,4-15H2,1-3H3;3,17-20,27H,4-14H2,1-2H3;16-20H,4-13H2,1-3H3;2*14-19H,3-11H2,1-2H3;4-6H2,1-3H3;1H2/t17?,18-,19?,20?,21-,22-,23-,24+;17?,18-,19?,20?,21-,22-;16?,17-,18?,19?,20-,21-,22-,23+;14?,15-,16?,17?,18?,19-,20-,21+;14?,15-,16?,17?,18-,19-,20-,21+;;/m11111../s1. The molecule has 20 heteroatoms. The number of nitrogens with zero attached hydrogens (tertiary/aromatic N) is 1. The Kier molecular flexibility index (Phi) is 30.3. The van der Waals surface area contributed by atoms with Crippen LogP contribution in [0.5, 0.6) is 0 Å². The van der Waals surface area contributed by atoms with Gasteiger partial charge in [-0.15, -0.1) is 23.2 Å². The van der Waals surface area contributed by atoms with E-state index in [-0.39, 0.29) is 55.3 Å². The molecule has 784 valence electrons. The first-order valence-electron chi connectivity index (χ1n) is 58.1. The molecular formula is C120H183Cl2NO12S5. The average molecular weight is 2060 g/mol. The van der Waals surface area contributed by atoms with Gasteiger partial charge in [-0.05, 0) is 437 Å². The molecule has 0 N–H and O–H groups in total. The zero-order valence-corrected chi connectivity index (χ0v) is 94.8. The Bertz CT molecular complexity index is 4570. The molecule has 38 atom stereocenters. The molecule has 0 aromatic carbocycles. The lowest BCUT2D eigenvalue weighted by atomic mass is 9.39. The number of fused-ring (bicyclic) bond motifs is 17. The molecule has 13 nitrogen and oxygen atoms in total. The Morgan fingerprint density at radius 2 is 0.736 bits per heavy atom. The highest BCUT2D eigenvalue weighted by Crippen LogP contribution is 2.82. The fourth-order valence-corrected chi connectivity index (χ4v) is 53.8. The molecule has 6 aliphatic heterocycles. The minimum absolute atomic E-state index is 0.194. The van der Waals surface area contributed by atoms with Crippen LogP contribution in [0.1, 0.15) is 374 Å². The van der Waals surface area contributed by atoms with Crippen molar-refractivity contribution in [3.63, 3.8) is 0 Å². The van der Waals surface area contributed by atoms with Crippen molar-refractivity contribution in [2.24, 2.45) is 195 Å². The molecular weight excluding hydrogens is 1880 g/mol. The summed E-state index contributed by atoms with van der Waals surface area (Å²) in [6.07, 6.45) is 51.6. The number of hydrogen-bond acceptors (Lipinski definition) is 18. The fraction of sp³-hybridized carbons (Fsp3) is 0.917. The number of thiol groups is 1. The van der Waals surface area contributed by atoms with Crippen molar-refractivity contribution in [2.45, 2.75) is 406 Å². The topological polar surface area (TPSA) is 177 Å². The molecule has 0 aromatic heterocycles. The van der Waals surface area contributed by atoms with Crippen molar-refractivity contribution in [2.75, 3.05) is 80.2 Å². The molecule has 26 rings (SSSR count). The summed E-state index contributed by atoms with van der Waals surface area (Å²) in [5, 5.41) is 3.11. The van der Waals surface area contributed by atoms with E-state index in [9.17, 15) is 38.4 Å². The van der Waals surface area contributed by atoms with Crippen molar-refractivity contribution in [3.05, 3.63) is 11.6 Å². The number of halogens is 2. The summed E-state index contributed by atoms with van der Waals surface area (Å²) < 4.78 is 24.7. The lowest BCUT2D eigenvalue weighted by molar-refractivity contribution is -0.255. The lowest BCUT2D eigenvalue weighted by Gasteiger charge is -2.66. The summed E-state index contributed by atoms with van der Waals surface area (Å²) in [6.45, 7) is 39.4. The van der Waals surface area contributed by atoms with Gasteiger partial charge in [0.1, 0.15) is 46.3 Å². The first-order chi connectivity index (χ1) is 66.9. The average Bonchev–Trinajstić information content (AvgIpc) is 1.50. The van der Waals surface area contributed by atoms with Crippen LogP contribution in [0, 0.1) is 195 Å². The van der Waals surface area contributed by atoms with Crippen molar-refractivity contribution in [1.82, 2.24) is 4.90 Å². The Hall–Kier alpha value is -0.770. The normalized spacial score (nSPS) is 50.6. The molecule has 16 unspecified atom stereocenters. The van der Waals surface area contributed by atoms with Gasteiger partial charge in [0.25, 0.3) is 0 Å². The molecule has 2 spiro atoms. The second-order valence-corrected chi connectivity index (χ2v) is 59.8. The van der Waals surface area contributed by atoms with E-state index in [0.29, 0.717) is 125 Å². The molecule has 0 radical (unpaired) electrons. The Labute approximate surface area is 877 Å². The Morgan fingerprint density at radius 1 is 0.379 bits per heavy atom. The van der Waals surface area contributed by atoms with E-state index in [0.717, 1.165) is 240 Å². The molecule has 6 heterocycles. The van der Waals surface area contributed by atoms with Gasteiger partial charge in [0.15, 0.2) is 11.6 Å². The summed E-state index contributed by atoms with van der Waals surface area (Å²) in [7, 11) is 0. The highest BCUT2D eigenvalue weighted by molar-refractivity contribution is 8.01. The number of thioether (sulfide) groups is 4. The summed E-state index contributed by atoms with van der Waals surface area (Å²) in [5.74, 6) is 24.2. The number of allylic oxidation sites excluding steroid dienone is 1. The maximum atomic E-state index is 12.5. The molecule has 26 aliphatic rings. The van der Waals surface area contributed by atoms with Gasteiger partial charge < -0.3 is 23.8 Å². The third kappa shape index (κ3) is 16.4. The van der Waals surface area contributed by atoms with E-state index in [2.05, 4.69) is 127 Å². The predicted molar refractivity (Wildman–Crippen MR) is 574 cm³/mol. The number of carbonyl (C=O) groups excluding carboxylic acids is 8. The number of hydrogen-bond donors (Lipinski definition) is 1. The van der Waals surface area contributed by atoms with E-state index in [1.807, 2.05) is 34.6 Å². The van der Waals surface area contributed by atoms with Crippen LogP contribution in [0.2, 0.25) is 0 Å². The molecule has 8 bridgehead atoms. The lowest BCUT2D eigenvalue weighted by Crippen LogP contribution is -2.64. The molecule has 0 aromatic rings. The van der Waals surface area contributed by atoms with Crippen LogP contribution in [-0.4, -0.2) is 164 Å². The van der Waals surface area contributed by atoms with Crippen LogP contribution < -0.4 is 0 Å². The fourth-order valence-electron chi connectivity index (χ4n) is 44.5. The Morgan fingerprint density at radius 3 is 1.12 bits per heavy atom. The number of Topliss-reactive ketones (excluding diaryl/α,β-unsaturated/α-hetero) is 8. The SMILES string of the molecule is CC(=O)[C@H]1CCC2C3CC=C4CC5(CC[C@]4(CS)C3CC[C@@]21C)OCCO5.CC(=O)[C@H]1CCC2C3C[C@H]4SC[C@@]5(CCC(=O)CC45)C3CC[C@@]21C.CC(=O)[C@H]1CCC2C3C[C@H]4SC[C@@]5(CCC(=O)C[C@H]45)C3CC[C@@]21C.CCN(CC)CC.CC[C@]12CC(=O)CC[C@@]13CS[C@@H]2CC1C3CC[C@@]2(C)C1CC[C@@H]2C(C)=O.CC[C@]12CC3(CC[C@@]14CS[C@@H]2CC1C4CC[C@@]2(C)C1CC[C@@H]2C(C)=O)OCCO3.ClCCl. The number of rotatable bonds is 11. The van der Waals surface area contributed by atoms with E-state index in [1.54, 1.807) is 5.57 Å². The first-order valence-corrected chi connectivity index (χ1v) is 64.0. The maximum absolute atomic E-state index is 12.5. The summed E-state index contributed by atoms with van der Waals surface area (Å²) in [5.41, 5.74) is 5.62. The second kappa shape index (κ2) is 40.0. The van der Waals surface area contributed by atoms with Crippen LogP contribution in [0.4, 0.5) is 0 Å². The minimum Gasteiger partial charge on any atom is -0.348 e. The third-order valence-corrected chi connectivity index (χ3v) is 58.1. The van der Waals surface area contributed by atoms with Crippen molar-refractivity contribution in [1.29, 1.82) is 0 Å². The third-order valence-electron chi connectivity index (χ3n) is 50.8. The Balaban J connectivity index is 0.000000105. The molecule has 6 saturated heterocycles. The molecule has 25 fully saturated rings. The molecule has 140 heavy (non-hydrogen) atoms. The van der Waals surface area contributed by atoms with Gasteiger partial charge in [0.05, 0.1) is 31.8 Å². The largest absolute Gasteiger partial charge is 0.348 e. The van der Waals surface area contributed by atoms with Crippen LogP contribution in [0.15, 0.2) is 11.6 Å². The van der Waals surface area contributed by atoms with Crippen LogP contribution in [-0.2, 0) is 57.3 Å². The quantitative estimate of drug-likeness (QED) is 0.117. The number of ether oxygens (including phenoxy) is 4. The van der Waals surface area contributed by atoms with Gasteiger partial charge in [-0.1, -0.05) is 80.9 Å². The summed E-state index contributed by atoms with van der Waals surface area (Å²) >= 11 is 23.4. The number of alkyl halides is 2. The van der Waals surface area contributed by atoms with Gasteiger partial charge >= 0.3 is 0 Å². The number of ketones is 8. The maximum Gasteiger partial charge on any atom is 0.172 e. The minimum atomic E-state index is -0.346.